The van der Waals surface area contributed by atoms with Crippen LogP contribution in [0.15, 0.2) is 0 Å². The van der Waals surface area contributed by atoms with Crippen LogP contribution in [-0.2, 0) is 9.59 Å². The third kappa shape index (κ3) is 4.19. The number of likely N-dealkylation sites (tertiary alicyclic amines) is 1. The first-order valence-corrected chi connectivity index (χ1v) is 8.31. The van der Waals surface area contributed by atoms with Gasteiger partial charge in [-0.2, -0.15) is 0 Å². The molecule has 2 aliphatic rings. The quantitative estimate of drug-likeness (QED) is 0.821. The van der Waals surface area contributed by atoms with Gasteiger partial charge in [-0.25, -0.2) is 0 Å². The molecular weight excluding hydrogens is 266 g/mol. The molecule has 2 fully saturated rings. The Morgan fingerprint density at radius 1 is 1.19 bits per heavy atom. The molecule has 0 aromatic heterocycles. The summed E-state index contributed by atoms with van der Waals surface area (Å²) in [6, 6.07) is 0.165. The van der Waals surface area contributed by atoms with Crippen molar-refractivity contribution in [1.82, 2.24) is 15.5 Å². The van der Waals surface area contributed by atoms with E-state index < -0.39 is 0 Å². The van der Waals surface area contributed by atoms with Crippen LogP contribution in [0, 0.1) is 11.8 Å². The minimum Gasteiger partial charge on any atom is -0.352 e. The fourth-order valence-electron chi connectivity index (χ4n) is 3.30. The maximum absolute atomic E-state index is 12.3. The largest absolute Gasteiger partial charge is 0.352 e. The van der Waals surface area contributed by atoms with Crippen molar-refractivity contribution in [3.8, 4) is 0 Å². The molecule has 2 amide bonds. The van der Waals surface area contributed by atoms with Crippen molar-refractivity contribution in [2.24, 2.45) is 11.8 Å². The van der Waals surface area contributed by atoms with Crippen LogP contribution in [0.2, 0.25) is 0 Å². The minimum absolute atomic E-state index is 0.0472. The average Bonchev–Trinajstić information content (AvgIpc) is 2.47. The number of rotatable bonds is 3. The van der Waals surface area contributed by atoms with E-state index in [-0.39, 0.29) is 29.8 Å². The Morgan fingerprint density at radius 2 is 1.86 bits per heavy atom. The van der Waals surface area contributed by atoms with Crippen LogP contribution >= 0.6 is 0 Å². The summed E-state index contributed by atoms with van der Waals surface area (Å²) in [7, 11) is 0. The Bertz CT molecular complexity index is 376. The normalized spacial score (nSPS) is 27.7. The number of carbonyl (C=O) groups excluding carboxylic acids is 2. The molecule has 2 saturated heterocycles. The van der Waals surface area contributed by atoms with Gasteiger partial charge in [0.15, 0.2) is 0 Å². The van der Waals surface area contributed by atoms with Crippen molar-refractivity contribution in [2.75, 3.05) is 19.6 Å². The Labute approximate surface area is 127 Å². The predicted octanol–water partition coefficient (Wildman–Crippen LogP) is 1.14. The topological polar surface area (TPSA) is 61.4 Å². The summed E-state index contributed by atoms with van der Waals surface area (Å²) >= 11 is 0. The number of nitrogens with one attached hydrogen (secondary N) is 2. The van der Waals surface area contributed by atoms with Crippen molar-refractivity contribution in [1.29, 1.82) is 0 Å². The summed E-state index contributed by atoms with van der Waals surface area (Å²) in [4.78, 5) is 26.2. The third-order valence-corrected chi connectivity index (χ3v) is 4.70. The highest BCUT2D eigenvalue weighted by Gasteiger charge is 2.30. The van der Waals surface area contributed by atoms with Gasteiger partial charge in [-0.3, -0.25) is 9.59 Å². The van der Waals surface area contributed by atoms with Crippen LogP contribution in [-0.4, -0.2) is 48.4 Å². The Morgan fingerprint density at radius 3 is 2.43 bits per heavy atom. The zero-order chi connectivity index (χ0) is 15.4. The molecule has 2 rings (SSSR count). The van der Waals surface area contributed by atoms with Crippen molar-refractivity contribution >= 4 is 11.8 Å². The van der Waals surface area contributed by atoms with E-state index in [0.717, 1.165) is 45.3 Å². The highest BCUT2D eigenvalue weighted by Crippen LogP contribution is 2.17. The second-order valence-electron chi connectivity index (χ2n) is 6.81. The number of amides is 2. The zero-order valence-electron chi connectivity index (χ0n) is 13.5. The molecule has 0 bridgehead atoms. The van der Waals surface area contributed by atoms with Crippen molar-refractivity contribution in [2.45, 2.75) is 58.5 Å². The van der Waals surface area contributed by atoms with Crippen LogP contribution in [0.3, 0.4) is 0 Å². The summed E-state index contributed by atoms with van der Waals surface area (Å²) in [6.07, 6.45) is 4.00. The minimum atomic E-state index is -0.0472. The van der Waals surface area contributed by atoms with Crippen LogP contribution in [0.4, 0.5) is 0 Å². The Kier molecular flexibility index (Phi) is 5.62. The average molecular weight is 295 g/mol. The summed E-state index contributed by atoms with van der Waals surface area (Å²) in [6.45, 7) is 8.47. The van der Waals surface area contributed by atoms with E-state index in [1.807, 2.05) is 18.7 Å². The lowest BCUT2D eigenvalue weighted by Gasteiger charge is -2.35. The predicted molar refractivity (Wildman–Crippen MR) is 82.8 cm³/mol. The zero-order valence-corrected chi connectivity index (χ0v) is 13.5. The lowest BCUT2D eigenvalue weighted by molar-refractivity contribution is -0.135. The molecule has 0 aromatic rings. The van der Waals surface area contributed by atoms with Gasteiger partial charge in [0.05, 0.1) is 6.04 Å². The van der Waals surface area contributed by atoms with Gasteiger partial charge in [-0.05, 0) is 38.1 Å². The highest BCUT2D eigenvalue weighted by molar-refractivity contribution is 5.82. The molecular formula is C16H29N3O2. The summed E-state index contributed by atoms with van der Waals surface area (Å²) in [5, 5.41) is 6.49. The smallest absolute Gasteiger partial charge is 0.237 e. The lowest BCUT2D eigenvalue weighted by atomic mass is 9.91. The summed E-state index contributed by atoms with van der Waals surface area (Å²) in [5.41, 5.74) is 0. The van der Waals surface area contributed by atoms with Gasteiger partial charge in [0.2, 0.25) is 11.8 Å². The first-order chi connectivity index (χ1) is 9.99. The Balaban J connectivity index is 1.78. The van der Waals surface area contributed by atoms with Gasteiger partial charge in [-0.1, -0.05) is 20.8 Å². The molecule has 0 radical (unpaired) electrons. The van der Waals surface area contributed by atoms with Crippen LogP contribution < -0.4 is 10.6 Å². The van der Waals surface area contributed by atoms with Gasteiger partial charge in [0.25, 0.3) is 0 Å². The van der Waals surface area contributed by atoms with Gasteiger partial charge < -0.3 is 15.5 Å². The van der Waals surface area contributed by atoms with E-state index >= 15 is 0 Å². The second-order valence-corrected chi connectivity index (χ2v) is 6.81. The number of hydrogen-bond donors (Lipinski definition) is 2. The number of carbonyl (C=O) groups is 2. The molecule has 120 valence electrons. The van der Waals surface area contributed by atoms with E-state index in [0.29, 0.717) is 5.92 Å². The second kappa shape index (κ2) is 7.25. The summed E-state index contributed by atoms with van der Waals surface area (Å²) < 4.78 is 0. The number of piperidine rings is 2. The molecule has 5 nitrogen and oxygen atoms in total. The summed E-state index contributed by atoms with van der Waals surface area (Å²) in [5.74, 6) is 0.822. The van der Waals surface area contributed by atoms with E-state index in [9.17, 15) is 9.59 Å². The lowest BCUT2D eigenvalue weighted by Crippen LogP contribution is -2.55. The molecule has 0 saturated carbocycles. The van der Waals surface area contributed by atoms with E-state index in [4.69, 9.17) is 0 Å². The molecule has 21 heavy (non-hydrogen) atoms. The molecule has 2 N–H and O–H groups in total. The molecule has 5 heteroatoms. The van der Waals surface area contributed by atoms with Crippen molar-refractivity contribution in [3.63, 3.8) is 0 Å². The van der Waals surface area contributed by atoms with E-state index in [1.54, 1.807) is 0 Å². The van der Waals surface area contributed by atoms with Crippen molar-refractivity contribution in [3.05, 3.63) is 0 Å². The Hall–Kier alpha value is -1.10. The van der Waals surface area contributed by atoms with E-state index in [1.165, 1.54) is 0 Å². The van der Waals surface area contributed by atoms with Crippen LogP contribution in [0.5, 0.6) is 0 Å². The monoisotopic (exact) mass is 295 g/mol. The molecule has 2 aliphatic heterocycles. The van der Waals surface area contributed by atoms with Gasteiger partial charge >= 0.3 is 0 Å². The SMILES string of the molecule is CC(C)C(=O)N1CCC(NC(=O)C2NCCCC2C)CC1. The molecule has 0 aliphatic carbocycles. The van der Waals surface area contributed by atoms with Gasteiger partial charge in [0.1, 0.15) is 0 Å². The van der Waals surface area contributed by atoms with Crippen LogP contribution in [0.1, 0.15) is 46.5 Å². The third-order valence-electron chi connectivity index (χ3n) is 4.70. The molecule has 2 atom stereocenters. The maximum atomic E-state index is 12.3. The number of nitrogens with zero attached hydrogens (tertiary/aromatic N) is 1. The fourth-order valence-corrected chi connectivity index (χ4v) is 3.30. The van der Waals surface area contributed by atoms with Crippen LogP contribution in [0.25, 0.3) is 0 Å². The molecule has 0 spiro atoms. The first kappa shape index (κ1) is 16.3. The molecule has 2 heterocycles. The first-order valence-electron chi connectivity index (χ1n) is 8.31. The van der Waals surface area contributed by atoms with Gasteiger partial charge in [-0.15, -0.1) is 0 Å². The van der Waals surface area contributed by atoms with Gasteiger partial charge in [0, 0.05) is 25.0 Å². The number of hydrogen-bond acceptors (Lipinski definition) is 3. The molecule has 0 aromatic carbocycles. The maximum Gasteiger partial charge on any atom is 0.237 e. The standard InChI is InChI=1S/C16H29N3O2/c1-11(2)16(21)19-9-6-13(7-10-19)18-15(20)14-12(3)5-4-8-17-14/h11-14,17H,4-10H2,1-3H3,(H,18,20). The van der Waals surface area contributed by atoms with Crippen molar-refractivity contribution < 1.29 is 9.59 Å². The fraction of sp³-hybridized carbons (Fsp3) is 0.875. The van der Waals surface area contributed by atoms with E-state index in [2.05, 4.69) is 17.6 Å². The molecule has 2 unspecified atom stereocenters. The highest BCUT2D eigenvalue weighted by atomic mass is 16.2.